The van der Waals surface area contributed by atoms with Crippen LogP contribution in [-0.2, 0) is 4.74 Å². The summed E-state index contributed by atoms with van der Waals surface area (Å²) in [5.74, 6) is -0.374. The SMILES string of the molecule is CCOC(=O)c1cc2ccccc2n1OC. The first-order chi connectivity index (χ1) is 7.77. The summed E-state index contributed by atoms with van der Waals surface area (Å²) < 4.78 is 6.44. The molecule has 1 aromatic heterocycles. The van der Waals surface area contributed by atoms with Gasteiger partial charge in [-0.3, -0.25) is 0 Å². The third-order valence-electron chi connectivity index (χ3n) is 2.33. The standard InChI is InChI=1S/C12H13NO3/c1-3-16-12(14)11-8-9-6-4-5-7-10(9)13(11)15-2/h4-8H,3H2,1-2H3. The molecule has 0 spiro atoms. The molecule has 16 heavy (non-hydrogen) atoms. The lowest BCUT2D eigenvalue weighted by Crippen LogP contribution is -2.15. The van der Waals surface area contributed by atoms with E-state index in [1.165, 1.54) is 11.8 Å². The molecular formula is C12H13NO3. The summed E-state index contributed by atoms with van der Waals surface area (Å²) in [6, 6.07) is 9.38. The van der Waals surface area contributed by atoms with Crippen molar-refractivity contribution in [2.24, 2.45) is 0 Å². The second-order valence-corrected chi connectivity index (χ2v) is 3.29. The van der Waals surface area contributed by atoms with Crippen LogP contribution in [0, 0.1) is 0 Å². The summed E-state index contributed by atoms with van der Waals surface area (Å²) in [6.45, 7) is 2.13. The summed E-state index contributed by atoms with van der Waals surface area (Å²) in [7, 11) is 1.52. The molecule has 1 heterocycles. The van der Waals surface area contributed by atoms with Crippen LogP contribution < -0.4 is 4.84 Å². The first kappa shape index (κ1) is 10.5. The van der Waals surface area contributed by atoms with E-state index in [2.05, 4.69) is 0 Å². The van der Waals surface area contributed by atoms with Gasteiger partial charge in [-0.05, 0) is 19.1 Å². The summed E-state index contributed by atoms with van der Waals surface area (Å²) in [4.78, 5) is 16.9. The highest BCUT2D eigenvalue weighted by Gasteiger charge is 2.16. The molecule has 4 heteroatoms. The van der Waals surface area contributed by atoms with Gasteiger partial charge >= 0.3 is 5.97 Å². The highest BCUT2D eigenvalue weighted by molar-refractivity contribution is 5.95. The maximum atomic E-state index is 11.7. The van der Waals surface area contributed by atoms with Gasteiger partial charge in [0.15, 0.2) is 5.69 Å². The number of ether oxygens (including phenoxy) is 1. The second-order valence-electron chi connectivity index (χ2n) is 3.29. The van der Waals surface area contributed by atoms with E-state index >= 15 is 0 Å². The number of carbonyl (C=O) groups excluding carboxylic acids is 1. The lowest BCUT2D eigenvalue weighted by molar-refractivity contribution is 0.0477. The second kappa shape index (κ2) is 4.26. The Hall–Kier alpha value is -1.97. The molecule has 4 nitrogen and oxygen atoms in total. The van der Waals surface area contributed by atoms with Gasteiger partial charge in [0, 0.05) is 5.39 Å². The molecule has 0 unspecified atom stereocenters. The predicted molar refractivity (Wildman–Crippen MR) is 60.4 cm³/mol. The van der Waals surface area contributed by atoms with Crippen LogP contribution >= 0.6 is 0 Å². The first-order valence-corrected chi connectivity index (χ1v) is 5.10. The summed E-state index contributed by atoms with van der Waals surface area (Å²) in [5.41, 5.74) is 1.26. The van der Waals surface area contributed by atoms with Crippen molar-refractivity contribution in [3.05, 3.63) is 36.0 Å². The van der Waals surface area contributed by atoms with Gasteiger partial charge in [-0.2, -0.15) is 4.73 Å². The topological polar surface area (TPSA) is 40.5 Å². The van der Waals surface area contributed by atoms with Crippen molar-refractivity contribution in [1.29, 1.82) is 0 Å². The quantitative estimate of drug-likeness (QED) is 0.740. The van der Waals surface area contributed by atoms with Gasteiger partial charge in [0.05, 0.1) is 12.1 Å². The van der Waals surface area contributed by atoms with Crippen LogP contribution in [-0.4, -0.2) is 24.4 Å². The average molecular weight is 219 g/mol. The number of rotatable bonds is 3. The van der Waals surface area contributed by atoms with Gasteiger partial charge in [-0.1, -0.05) is 18.2 Å². The monoisotopic (exact) mass is 219 g/mol. The predicted octanol–water partition coefficient (Wildman–Crippen LogP) is 1.88. The van der Waals surface area contributed by atoms with E-state index in [-0.39, 0.29) is 5.97 Å². The Balaban J connectivity index is 2.56. The number of aromatic nitrogens is 1. The van der Waals surface area contributed by atoms with Crippen LogP contribution in [0.15, 0.2) is 30.3 Å². The summed E-state index contributed by atoms with van der Waals surface area (Å²) in [6.07, 6.45) is 0. The van der Waals surface area contributed by atoms with Crippen molar-refractivity contribution < 1.29 is 14.4 Å². The Morgan fingerprint density at radius 2 is 2.12 bits per heavy atom. The van der Waals surface area contributed by atoms with Crippen LogP contribution in [0.25, 0.3) is 10.9 Å². The number of benzene rings is 1. The third-order valence-corrected chi connectivity index (χ3v) is 2.33. The minimum absolute atomic E-state index is 0.351. The maximum Gasteiger partial charge on any atom is 0.358 e. The number of carbonyl (C=O) groups is 1. The van der Waals surface area contributed by atoms with Crippen LogP contribution in [0.3, 0.4) is 0 Å². The molecule has 0 saturated heterocycles. The fourth-order valence-corrected chi connectivity index (χ4v) is 1.67. The molecule has 1 aromatic carbocycles. The number of fused-ring (bicyclic) bond motifs is 1. The van der Waals surface area contributed by atoms with E-state index in [0.29, 0.717) is 12.3 Å². The minimum atomic E-state index is -0.374. The molecule has 0 aliphatic carbocycles. The first-order valence-electron chi connectivity index (χ1n) is 5.10. The average Bonchev–Trinajstić information content (AvgIpc) is 2.67. The van der Waals surface area contributed by atoms with E-state index < -0.39 is 0 Å². The van der Waals surface area contributed by atoms with Gasteiger partial charge in [-0.15, -0.1) is 0 Å². The minimum Gasteiger partial charge on any atom is -0.461 e. The van der Waals surface area contributed by atoms with E-state index in [9.17, 15) is 4.79 Å². The Morgan fingerprint density at radius 3 is 2.81 bits per heavy atom. The Morgan fingerprint density at radius 1 is 1.38 bits per heavy atom. The van der Waals surface area contributed by atoms with Gasteiger partial charge in [-0.25, -0.2) is 4.79 Å². The maximum absolute atomic E-state index is 11.7. The van der Waals surface area contributed by atoms with E-state index in [0.717, 1.165) is 10.9 Å². The van der Waals surface area contributed by atoms with Crippen LogP contribution in [0.5, 0.6) is 0 Å². The van der Waals surface area contributed by atoms with Crippen molar-refractivity contribution in [3.8, 4) is 0 Å². The zero-order valence-electron chi connectivity index (χ0n) is 9.27. The molecule has 0 amide bonds. The van der Waals surface area contributed by atoms with Crippen LogP contribution in [0.4, 0.5) is 0 Å². The van der Waals surface area contributed by atoms with E-state index in [1.807, 2.05) is 24.3 Å². The lowest BCUT2D eigenvalue weighted by Gasteiger charge is -2.07. The largest absolute Gasteiger partial charge is 0.461 e. The molecule has 0 bridgehead atoms. The lowest BCUT2D eigenvalue weighted by atomic mass is 10.2. The molecular weight excluding hydrogens is 206 g/mol. The zero-order chi connectivity index (χ0) is 11.5. The number of nitrogens with zero attached hydrogens (tertiary/aromatic N) is 1. The Kier molecular flexibility index (Phi) is 2.81. The van der Waals surface area contributed by atoms with E-state index in [4.69, 9.17) is 9.57 Å². The molecule has 0 aliphatic rings. The molecule has 0 aliphatic heterocycles. The molecule has 84 valence electrons. The highest BCUT2D eigenvalue weighted by Crippen LogP contribution is 2.18. The summed E-state index contributed by atoms with van der Waals surface area (Å²) >= 11 is 0. The van der Waals surface area contributed by atoms with Gasteiger partial charge in [0.2, 0.25) is 0 Å². The zero-order valence-corrected chi connectivity index (χ0v) is 9.27. The molecule has 2 rings (SSSR count). The van der Waals surface area contributed by atoms with Crippen molar-refractivity contribution in [2.75, 3.05) is 13.7 Å². The molecule has 0 fully saturated rings. The summed E-state index contributed by atoms with van der Waals surface area (Å²) in [5, 5.41) is 0.951. The molecule has 0 N–H and O–H groups in total. The fraction of sp³-hybridized carbons (Fsp3) is 0.250. The third kappa shape index (κ3) is 1.62. The number of esters is 1. The smallest absolute Gasteiger partial charge is 0.358 e. The van der Waals surface area contributed by atoms with Crippen LogP contribution in [0.2, 0.25) is 0 Å². The van der Waals surface area contributed by atoms with Gasteiger partial charge in [0.25, 0.3) is 0 Å². The number of hydrogen-bond donors (Lipinski definition) is 0. The van der Waals surface area contributed by atoms with E-state index in [1.54, 1.807) is 13.0 Å². The fourth-order valence-electron chi connectivity index (χ4n) is 1.67. The molecule has 0 radical (unpaired) electrons. The van der Waals surface area contributed by atoms with Crippen molar-refractivity contribution >= 4 is 16.9 Å². The van der Waals surface area contributed by atoms with Gasteiger partial charge in [0.1, 0.15) is 7.11 Å². The number of hydrogen-bond acceptors (Lipinski definition) is 3. The normalized spacial score (nSPS) is 10.4. The molecule has 2 aromatic rings. The van der Waals surface area contributed by atoms with Crippen molar-refractivity contribution in [1.82, 2.24) is 4.73 Å². The number of para-hydroxylation sites is 1. The Bertz CT molecular complexity index is 516. The Labute approximate surface area is 93.3 Å². The van der Waals surface area contributed by atoms with Gasteiger partial charge < -0.3 is 9.57 Å². The van der Waals surface area contributed by atoms with Crippen molar-refractivity contribution in [3.63, 3.8) is 0 Å². The molecule has 0 atom stereocenters. The molecule has 0 saturated carbocycles. The van der Waals surface area contributed by atoms with Crippen LogP contribution in [0.1, 0.15) is 17.4 Å². The van der Waals surface area contributed by atoms with Crippen molar-refractivity contribution in [2.45, 2.75) is 6.92 Å². The highest BCUT2D eigenvalue weighted by atomic mass is 16.6.